The summed E-state index contributed by atoms with van der Waals surface area (Å²) in [4.78, 5) is 13.0. The molecule has 5 nitrogen and oxygen atoms in total. The quantitative estimate of drug-likeness (QED) is 0.895. The summed E-state index contributed by atoms with van der Waals surface area (Å²) in [6, 6.07) is 0. The van der Waals surface area contributed by atoms with E-state index >= 15 is 0 Å². The van der Waals surface area contributed by atoms with Gasteiger partial charge in [-0.15, -0.1) is 0 Å². The molecule has 17 heavy (non-hydrogen) atoms. The van der Waals surface area contributed by atoms with E-state index in [-0.39, 0.29) is 0 Å². The number of hydrogen-bond donors (Lipinski definition) is 1. The molecule has 0 aromatic carbocycles. The molecule has 0 atom stereocenters. The molecule has 0 radical (unpaired) electrons. The van der Waals surface area contributed by atoms with Gasteiger partial charge in [0.15, 0.2) is 0 Å². The number of piperazine rings is 1. The van der Waals surface area contributed by atoms with Crippen LogP contribution in [-0.2, 0) is 0 Å². The lowest BCUT2D eigenvalue weighted by Crippen LogP contribution is -2.45. The first-order chi connectivity index (χ1) is 8.25. The third kappa shape index (κ3) is 3.90. The van der Waals surface area contributed by atoms with Crippen LogP contribution in [0.25, 0.3) is 0 Å². The fourth-order valence-corrected chi connectivity index (χ4v) is 2.21. The van der Waals surface area contributed by atoms with Crippen molar-refractivity contribution in [1.82, 2.24) is 19.8 Å². The molecule has 1 aromatic rings. The van der Waals surface area contributed by atoms with E-state index in [1.807, 2.05) is 0 Å². The van der Waals surface area contributed by atoms with E-state index in [4.69, 9.17) is 0 Å². The monoisotopic (exact) mass is 299 g/mol. The van der Waals surface area contributed by atoms with Crippen molar-refractivity contribution in [2.75, 3.05) is 51.6 Å². The van der Waals surface area contributed by atoms with Crippen LogP contribution < -0.4 is 5.32 Å². The first-order valence-corrected chi connectivity index (χ1v) is 6.65. The minimum Gasteiger partial charge on any atom is -0.368 e. The number of anilines is 1. The maximum Gasteiger partial charge on any atom is 0.143 e. The molecule has 0 spiro atoms. The lowest BCUT2D eigenvalue weighted by Gasteiger charge is -2.32. The standard InChI is InChI=1S/C11H18BrN5/c1-16-4-6-17(7-5-16)3-2-14-11-10(12)8-13-9-15-11/h8-9H,2-7H2,1H3,(H,13,14,15). The summed E-state index contributed by atoms with van der Waals surface area (Å²) in [7, 11) is 2.17. The van der Waals surface area contributed by atoms with Crippen molar-refractivity contribution < 1.29 is 0 Å². The Balaban J connectivity index is 1.71. The minimum absolute atomic E-state index is 0.870. The topological polar surface area (TPSA) is 44.3 Å². The molecule has 1 saturated heterocycles. The molecule has 2 heterocycles. The van der Waals surface area contributed by atoms with Crippen molar-refractivity contribution in [3.8, 4) is 0 Å². The summed E-state index contributed by atoms with van der Waals surface area (Å²) in [6.45, 7) is 6.62. The van der Waals surface area contributed by atoms with E-state index in [1.54, 1.807) is 12.5 Å². The fourth-order valence-electron chi connectivity index (χ4n) is 1.85. The van der Waals surface area contributed by atoms with Crippen LogP contribution in [0.5, 0.6) is 0 Å². The van der Waals surface area contributed by atoms with E-state index in [0.29, 0.717) is 0 Å². The van der Waals surface area contributed by atoms with Crippen LogP contribution in [-0.4, -0.2) is 66.1 Å². The van der Waals surface area contributed by atoms with Gasteiger partial charge in [0.25, 0.3) is 0 Å². The van der Waals surface area contributed by atoms with Crippen LogP contribution in [0.1, 0.15) is 0 Å². The number of rotatable bonds is 4. The molecule has 1 aliphatic rings. The second kappa shape index (κ2) is 6.28. The highest BCUT2D eigenvalue weighted by Crippen LogP contribution is 2.16. The van der Waals surface area contributed by atoms with Gasteiger partial charge in [-0.3, -0.25) is 4.90 Å². The molecule has 2 rings (SSSR count). The number of nitrogens with one attached hydrogen (secondary N) is 1. The maximum absolute atomic E-state index is 4.18. The molecule has 0 unspecified atom stereocenters. The predicted molar refractivity (Wildman–Crippen MR) is 72.2 cm³/mol. The van der Waals surface area contributed by atoms with E-state index < -0.39 is 0 Å². The van der Waals surface area contributed by atoms with Crippen LogP contribution in [0, 0.1) is 0 Å². The Labute approximate surface area is 110 Å². The van der Waals surface area contributed by atoms with E-state index in [9.17, 15) is 0 Å². The molecular weight excluding hydrogens is 282 g/mol. The van der Waals surface area contributed by atoms with Crippen LogP contribution >= 0.6 is 15.9 Å². The van der Waals surface area contributed by atoms with Gasteiger partial charge < -0.3 is 10.2 Å². The normalized spacial score (nSPS) is 18.2. The van der Waals surface area contributed by atoms with Gasteiger partial charge in [0, 0.05) is 45.5 Å². The summed E-state index contributed by atoms with van der Waals surface area (Å²) in [5.41, 5.74) is 0. The Morgan fingerprint density at radius 1 is 1.35 bits per heavy atom. The molecule has 1 aromatic heterocycles. The zero-order valence-corrected chi connectivity index (χ0v) is 11.7. The van der Waals surface area contributed by atoms with Crippen molar-refractivity contribution >= 4 is 21.7 Å². The Kier molecular flexibility index (Phi) is 4.70. The SMILES string of the molecule is CN1CCN(CCNc2ncncc2Br)CC1. The van der Waals surface area contributed by atoms with Gasteiger partial charge in [-0.2, -0.15) is 0 Å². The molecule has 1 fully saturated rings. The number of hydrogen-bond acceptors (Lipinski definition) is 5. The largest absolute Gasteiger partial charge is 0.368 e. The maximum atomic E-state index is 4.18. The lowest BCUT2D eigenvalue weighted by molar-refractivity contribution is 0.158. The van der Waals surface area contributed by atoms with Crippen LogP contribution in [0.2, 0.25) is 0 Å². The van der Waals surface area contributed by atoms with Gasteiger partial charge in [0.1, 0.15) is 12.1 Å². The number of nitrogens with zero attached hydrogens (tertiary/aromatic N) is 4. The second-order valence-corrected chi connectivity index (χ2v) is 5.15. The molecule has 1 N–H and O–H groups in total. The lowest BCUT2D eigenvalue weighted by atomic mass is 10.3. The number of likely N-dealkylation sites (N-methyl/N-ethyl adjacent to an activating group) is 1. The molecule has 0 bridgehead atoms. The molecular formula is C11H18BrN5. The minimum atomic E-state index is 0.870. The van der Waals surface area contributed by atoms with Crippen molar-refractivity contribution in [3.63, 3.8) is 0 Å². The van der Waals surface area contributed by atoms with Crippen molar-refractivity contribution in [2.45, 2.75) is 0 Å². The molecule has 0 saturated carbocycles. The van der Waals surface area contributed by atoms with Gasteiger partial charge in [0.05, 0.1) is 4.47 Å². The summed E-state index contributed by atoms with van der Waals surface area (Å²) in [6.07, 6.45) is 3.31. The second-order valence-electron chi connectivity index (χ2n) is 4.29. The summed E-state index contributed by atoms with van der Waals surface area (Å²) < 4.78 is 0.915. The summed E-state index contributed by atoms with van der Waals surface area (Å²) in [5, 5.41) is 3.32. The highest BCUT2D eigenvalue weighted by atomic mass is 79.9. The van der Waals surface area contributed by atoms with Gasteiger partial charge in [0.2, 0.25) is 0 Å². The third-order valence-electron chi connectivity index (χ3n) is 2.98. The van der Waals surface area contributed by atoms with Crippen molar-refractivity contribution in [2.24, 2.45) is 0 Å². The summed E-state index contributed by atoms with van der Waals surface area (Å²) in [5.74, 6) is 0.870. The molecule has 0 amide bonds. The average molecular weight is 300 g/mol. The fraction of sp³-hybridized carbons (Fsp3) is 0.636. The van der Waals surface area contributed by atoms with Gasteiger partial charge in [-0.1, -0.05) is 0 Å². The van der Waals surface area contributed by atoms with Gasteiger partial charge >= 0.3 is 0 Å². The van der Waals surface area contributed by atoms with Gasteiger partial charge in [-0.25, -0.2) is 9.97 Å². The molecule has 0 aliphatic carbocycles. The first-order valence-electron chi connectivity index (χ1n) is 5.86. The number of aromatic nitrogens is 2. The zero-order valence-electron chi connectivity index (χ0n) is 10.1. The van der Waals surface area contributed by atoms with Gasteiger partial charge in [-0.05, 0) is 23.0 Å². The van der Waals surface area contributed by atoms with Crippen LogP contribution in [0.15, 0.2) is 17.0 Å². The third-order valence-corrected chi connectivity index (χ3v) is 3.56. The van der Waals surface area contributed by atoms with Crippen molar-refractivity contribution in [1.29, 1.82) is 0 Å². The van der Waals surface area contributed by atoms with Crippen LogP contribution in [0.3, 0.4) is 0 Å². The molecule has 1 aliphatic heterocycles. The average Bonchev–Trinajstić information content (AvgIpc) is 2.34. The van der Waals surface area contributed by atoms with Crippen molar-refractivity contribution in [3.05, 3.63) is 17.0 Å². The van der Waals surface area contributed by atoms with E-state index in [1.165, 1.54) is 0 Å². The molecule has 94 valence electrons. The predicted octanol–water partition coefficient (Wildman–Crippen LogP) is 0.898. The Hall–Kier alpha value is -0.720. The first kappa shape index (κ1) is 12.7. The highest BCUT2D eigenvalue weighted by Gasteiger charge is 2.12. The Morgan fingerprint density at radius 3 is 2.82 bits per heavy atom. The number of halogens is 1. The smallest absolute Gasteiger partial charge is 0.143 e. The van der Waals surface area contributed by atoms with Crippen LogP contribution in [0.4, 0.5) is 5.82 Å². The molecule has 6 heteroatoms. The van der Waals surface area contributed by atoms with E-state index in [2.05, 4.69) is 48.1 Å². The summed E-state index contributed by atoms with van der Waals surface area (Å²) >= 11 is 3.42. The zero-order chi connectivity index (χ0) is 12.1. The Bertz CT molecular complexity index is 351. The van der Waals surface area contributed by atoms with E-state index in [0.717, 1.165) is 49.6 Å². The Morgan fingerprint density at radius 2 is 2.12 bits per heavy atom. The highest BCUT2D eigenvalue weighted by molar-refractivity contribution is 9.10.